The largest absolute Gasteiger partial charge is 0.348 e. The molecule has 114 valence electrons. The van der Waals surface area contributed by atoms with Crippen molar-refractivity contribution in [2.24, 2.45) is 0 Å². The van der Waals surface area contributed by atoms with Gasteiger partial charge in [-0.3, -0.25) is 0 Å². The molecule has 1 aromatic rings. The molecule has 20 heavy (non-hydrogen) atoms. The van der Waals surface area contributed by atoms with Crippen molar-refractivity contribution in [2.75, 3.05) is 25.0 Å². The van der Waals surface area contributed by atoms with Crippen LogP contribution in [-0.2, 0) is 12.0 Å². The van der Waals surface area contributed by atoms with Crippen molar-refractivity contribution in [3.05, 3.63) is 10.6 Å². The van der Waals surface area contributed by atoms with E-state index >= 15 is 0 Å². The van der Waals surface area contributed by atoms with Gasteiger partial charge in [0.1, 0.15) is 0 Å². The summed E-state index contributed by atoms with van der Waals surface area (Å²) in [6.45, 7) is 10.1. The normalized spacial score (nSPS) is 17.9. The minimum atomic E-state index is 0.129. The van der Waals surface area contributed by atoms with Gasteiger partial charge in [0.15, 0.2) is 5.13 Å². The van der Waals surface area contributed by atoms with Crippen LogP contribution in [0.25, 0.3) is 0 Å². The Labute approximate surface area is 127 Å². The minimum Gasteiger partial charge on any atom is -0.348 e. The van der Waals surface area contributed by atoms with Crippen LogP contribution in [-0.4, -0.2) is 25.1 Å². The van der Waals surface area contributed by atoms with Gasteiger partial charge in [0.2, 0.25) is 0 Å². The Kier molecular flexibility index (Phi) is 5.44. The van der Waals surface area contributed by atoms with Gasteiger partial charge in [0, 0.05) is 29.9 Å². The maximum atomic E-state index is 5.00. The summed E-state index contributed by atoms with van der Waals surface area (Å²) < 4.78 is 0. The molecular formula is C16H29N3S. The van der Waals surface area contributed by atoms with Crippen molar-refractivity contribution in [3.8, 4) is 0 Å². The highest BCUT2D eigenvalue weighted by molar-refractivity contribution is 7.15. The maximum Gasteiger partial charge on any atom is 0.185 e. The van der Waals surface area contributed by atoms with Crippen molar-refractivity contribution in [2.45, 2.75) is 64.8 Å². The summed E-state index contributed by atoms with van der Waals surface area (Å²) in [5.74, 6) is 0. The molecule has 4 heteroatoms. The number of rotatable bonds is 3. The second-order valence-electron chi connectivity index (χ2n) is 6.80. The number of anilines is 1. The van der Waals surface area contributed by atoms with Crippen LogP contribution in [0, 0.1) is 0 Å². The first-order valence-electron chi connectivity index (χ1n) is 7.92. The first-order chi connectivity index (χ1) is 9.52. The first-order valence-corrected chi connectivity index (χ1v) is 8.74. The summed E-state index contributed by atoms with van der Waals surface area (Å²) in [6, 6.07) is 0. The van der Waals surface area contributed by atoms with Crippen molar-refractivity contribution in [1.29, 1.82) is 0 Å². The van der Waals surface area contributed by atoms with E-state index in [4.69, 9.17) is 4.98 Å². The fourth-order valence-corrected chi connectivity index (χ4v) is 4.11. The summed E-state index contributed by atoms with van der Waals surface area (Å²) in [5.41, 5.74) is 1.40. The Balaban J connectivity index is 2.22. The molecule has 1 N–H and O–H groups in total. The van der Waals surface area contributed by atoms with Crippen molar-refractivity contribution >= 4 is 16.5 Å². The Morgan fingerprint density at radius 3 is 2.25 bits per heavy atom. The minimum absolute atomic E-state index is 0.129. The number of thiazole rings is 1. The lowest BCUT2D eigenvalue weighted by Crippen LogP contribution is -2.27. The predicted octanol–water partition coefficient (Wildman–Crippen LogP) is 3.93. The van der Waals surface area contributed by atoms with Gasteiger partial charge >= 0.3 is 0 Å². The molecule has 0 saturated carbocycles. The molecule has 1 saturated heterocycles. The van der Waals surface area contributed by atoms with Crippen LogP contribution in [0.2, 0.25) is 0 Å². The molecule has 1 aliphatic heterocycles. The van der Waals surface area contributed by atoms with Crippen LogP contribution in [0.3, 0.4) is 0 Å². The average Bonchev–Trinajstić information content (AvgIpc) is 2.72. The van der Waals surface area contributed by atoms with Crippen LogP contribution in [0.15, 0.2) is 0 Å². The van der Waals surface area contributed by atoms with Crippen LogP contribution < -0.4 is 10.2 Å². The second kappa shape index (κ2) is 6.90. The average molecular weight is 295 g/mol. The molecule has 0 aliphatic carbocycles. The molecule has 0 radical (unpaired) electrons. The molecule has 0 unspecified atom stereocenters. The number of aromatic nitrogens is 1. The molecular weight excluding hydrogens is 266 g/mol. The van der Waals surface area contributed by atoms with E-state index < -0.39 is 0 Å². The van der Waals surface area contributed by atoms with E-state index in [1.165, 1.54) is 60.9 Å². The summed E-state index contributed by atoms with van der Waals surface area (Å²) in [5, 5.41) is 4.53. The monoisotopic (exact) mass is 295 g/mol. The molecule has 2 rings (SSSR count). The topological polar surface area (TPSA) is 28.2 Å². The molecule has 0 amide bonds. The van der Waals surface area contributed by atoms with Gasteiger partial charge in [0.05, 0.1) is 5.69 Å². The fourth-order valence-electron chi connectivity index (χ4n) is 2.78. The summed E-state index contributed by atoms with van der Waals surface area (Å²) >= 11 is 1.89. The smallest absolute Gasteiger partial charge is 0.185 e. The molecule has 0 bridgehead atoms. The van der Waals surface area contributed by atoms with Crippen LogP contribution in [0.4, 0.5) is 5.13 Å². The van der Waals surface area contributed by atoms with Gasteiger partial charge in [-0.1, -0.05) is 40.0 Å². The third-order valence-corrected chi connectivity index (χ3v) is 4.98. The van der Waals surface area contributed by atoms with Gasteiger partial charge in [-0.2, -0.15) is 0 Å². The zero-order valence-electron chi connectivity index (χ0n) is 13.5. The molecule has 3 nitrogen and oxygen atoms in total. The lowest BCUT2D eigenvalue weighted by molar-refractivity contribution is 0.547. The van der Waals surface area contributed by atoms with Crippen LogP contribution >= 0.6 is 11.3 Å². The standard InChI is InChI=1S/C16H29N3S/c1-16(2,3)14-13(12-17-4)20-15(18-14)19-10-8-6-5-7-9-11-19/h17H,5-12H2,1-4H3. The first kappa shape index (κ1) is 15.8. The molecule has 0 spiro atoms. The molecule has 1 aliphatic rings. The quantitative estimate of drug-likeness (QED) is 0.916. The highest BCUT2D eigenvalue weighted by Gasteiger charge is 2.24. The molecule has 0 atom stereocenters. The Hall–Kier alpha value is -0.610. The van der Waals surface area contributed by atoms with Crippen molar-refractivity contribution < 1.29 is 0 Å². The highest BCUT2D eigenvalue weighted by Crippen LogP contribution is 2.34. The van der Waals surface area contributed by atoms with E-state index in [0.29, 0.717) is 0 Å². The van der Waals surface area contributed by atoms with Gasteiger partial charge in [-0.25, -0.2) is 4.98 Å². The zero-order chi connectivity index (χ0) is 14.6. The van der Waals surface area contributed by atoms with Crippen LogP contribution in [0.1, 0.15) is 63.4 Å². The third-order valence-electron chi connectivity index (χ3n) is 3.86. The van der Waals surface area contributed by atoms with E-state index in [0.717, 1.165) is 6.54 Å². The van der Waals surface area contributed by atoms with Gasteiger partial charge in [-0.05, 0) is 19.9 Å². The molecule has 2 heterocycles. The summed E-state index contributed by atoms with van der Waals surface area (Å²) in [7, 11) is 2.02. The van der Waals surface area contributed by atoms with E-state index in [1.54, 1.807) is 0 Å². The Morgan fingerprint density at radius 1 is 1.10 bits per heavy atom. The molecule has 1 aromatic heterocycles. The second-order valence-corrected chi connectivity index (χ2v) is 7.87. The lowest BCUT2D eigenvalue weighted by Gasteiger charge is -2.24. The maximum absolute atomic E-state index is 5.00. The van der Waals surface area contributed by atoms with Crippen molar-refractivity contribution in [3.63, 3.8) is 0 Å². The van der Waals surface area contributed by atoms with Gasteiger partial charge < -0.3 is 10.2 Å². The van der Waals surface area contributed by atoms with E-state index in [2.05, 4.69) is 31.0 Å². The molecule has 0 aromatic carbocycles. The Bertz CT molecular complexity index is 412. The summed E-state index contributed by atoms with van der Waals surface area (Å²) in [4.78, 5) is 8.91. The van der Waals surface area contributed by atoms with E-state index in [1.807, 2.05) is 18.4 Å². The summed E-state index contributed by atoms with van der Waals surface area (Å²) in [6.07, 6.45) is 6.77. The third kappa shape index (κ3) is 3.95. The van der Waals surface area contributed by atoms with Crippen molar-refractivity contribution in [1.82, 2.24) is 10.3 Å². The number of hydrogen-bond donors (Lipinski definition) is 1. The Morgan fingerprint density at radius 2 is 1.70 bits per heavy atom. The van der Waals surface area contributed by atoms with Crippen LogP contribution in [0.5, 0.6) is 0 Å². The van der Waals surface area contributed by atoms with Gasteiger partial charge in [0.25, 0.3) is 0 Å². The number of nitrogens with one attached hydrogen (secondary N) is 1. The fraction of sp³-hybridized carbons (Fsp3) is 0.812. The predicted molar refractivity (Wildman–Crippen MR) is 88.9 cm³/mol. The lowest BCUT2D eigenvalue weighted by atomic mass is 9.91. The van der Waals surface area contributed by atoms with E-state index in [-0.39, 0.29) is 5.41 Å². The highest BCUT2D eigenvalue weighted by atomic mass is 32.1. The SMILES string of the molecule is CNCc1sc(N2CCCCCCC2)nc1C(C)(C)C. The number of hydrogen-bond acceptors (Lipinski definition) is 4. The number of nitrogens with zero attached hydrogens (tertiary/aromatic N) is 2. The zero-order valence-corrected chi connectivity index (χ0v) is 14.3. The van der Waals surface area contributed by atoms with E-state index in [9.17, 15) is 0 Å². The van der Waals surface area contributed by atoms with Gasteiger partial charge in [-0.15, -0.1) is 11.3 Å². The molecule has 1 fully saturated rings.